The fraction of sp³-hybridized carbons (Fsp3) is 0.286. The van der Waals surface area contributed by atoms with Crippen molar-refractivity contribution in [3.8, 4) is 11.5 Å². The Hall–Kier alpha value is -3.80. The predicted octanol–water partition coefficient (Wildman–Crippen LogP) is 5.50. The van der Waals surface area contributed by atoms with Crippen LogP contribution in [0, 0.1) is 0 Å². The second kappa shape index (κ2) is 12.4. The number of methoxy groups -OCH3 is 1. The average Bonchev–Trinajstić information content (AvgIpc) is 2.89. The smallest absolute Gasteiger partial charge is 0.341 e. The van der Waals surface area contributed by atoms with Gasteiger partial charge in [0.15, 0.2) is 0 Å². The van der Waals surface area contributed by atoms with E-state index in [0.29, 0.717) is 23.6 Å². The quantitative estimate of drug-likeness (QED) is 0.353. The zero-order chi connectivity index (χ0) is 24.3. The standard InChI is InChI=1S/C28H31NO5/c1-4-5-16-29(2)27(30)23-17-24(28(31)32-3)26(34-20-22-14-10-7-11-15-22)18-25(23)33-19-21-12-8-6-9-13-21/h6-15,17-18H,4-5,16,19-20H2,1-3H3. The van der Waals surface area contributed by atoms with E-state index in [4.69, 9.17) is 14.2 Å². The molecule has 0 aliphatic heterocycles. The van der Waals surface area contributed by atoms with Crippen molar-refractivity contribution < 1.29 is 23.8 Å². The van der Waals surface area contributed by atoms with Crippen LogP contribution in [0.2, 0.25) is 0 Å². The first-order valence-corrected chi connectivity index (χ1v) is 11.4. The number of ether oxygens (including phenoxy) is 3. The van der Waals surface area contributed by atoms with Crippen molar-refractivity contribution in [2.24, 2.45) is 0 Å². The van der Waals surface area contributed by atoms with Gasteiger partial charge in [-0.25, -0.2) is 4.79 Å². The van der Waals surface area contributed by atoms with Crippen molar-refractivity contribution in [3.63, 3.8) is 0 Å². The minimum absolute atomic E-state index is 0.178. The zero-order valence-corrected chi connectivity index (χ0v) is 20.0. The molecule has 0 saturated carbocycles. The van der Waals surface area contributed by atoms with Gasteiger partial charge >= 0.3 is 5.97 Å². The third-order valence-electron chi connectivity index (χ3n) is 5.39. The normalized spacial score (nSPS) is 10.4. The van der Waals surface area contributed by atoms with Crippen LogP contribution >= 0.6 is 0 Å². The molecule has 0 fully saturated rings. The van der Waals surface area contributed by atoms with Crippen LogP contribution in [0.25, 0.3) is 0 Å². The van der Waals surface area contributed by atoms with E-state index in [2.05, 4.69) is 6.92 Å². The lowest BCUT2D eigenvalue weighted by atomic mass is 10.1. The number of rotatable bonds is 11. The molecule has 0 bridgehead atoms. The lowest BCUT2D eigenvalue weighted by Crippen LogP contribution is -2.28. The molecule has 0 aromatic heterocycles. The molecular weight excluding hydrogens is 430 g/mol. The molecule has 34 heavy (non-hydrogen) atoms. The summed E-state index contributed by atoms with van der Waals surface area (Å²) in [5.41, 5.74) is 2.38. The van der Waals surface area contributed by atoms with Crippen molar-refractivity contribution in [3.05, 3.63) is 95.1 Å². The Kier molecular flexibility index (Phi) is 9.09. The maximum absolute atomic E-state index is 13.3. The SMILES string of the molecule is CCCCN(C)C(=O)c1cc(C(=O)OC)c(OCc2ccccc2)cc1OCc1ccccc1. The molecule has 0 aliphatic carbocycles. The van der Waals surface area contributed by atoms with Gasteiger partial charge in [-0.3, -0.25) is 4.79 Å². The molecule has 0 spiro atoms. The molecule has 0 unspecified atom stereocenters. The highest BCUT2D eigenvalue weighted by Gasteiger charge is 2.24. The van der Waals surface area contributed by atoms with Gasteiger partial charge in [-0.15, -0.1) is 0 Å². The van der Waals surface area contributed by atoms with E-state index in [0.717, 1.165) is 24.0 Å². The van der Waals surface area contributed by atoms with E-state index >= 15 is 0 Å². The average molecular weight is 462 g/mol. The first-order valence-electron chi connectivity index (χ1n) is 11.4. The summed E-state index contributed by atoms with van der Waals surface area (Å²) < 4.78 is 17.0. The number of hydrogen-bond acceptors (Lipinski definition) is 5. The second-order valence-electron chi connectivity index (χ2n) is 7.96. The van der Waals surface area contributed by atoms with Crippen LogP contribution in [0.15, 0.2) is 72.8 Å². The maximum atomic E-state index is 13.3. The number of nitrogens with zero attached hydrogens (tertiary/aromatic N) is 1. The van der Waals surface area contributed by atoms with Gasteiger partial charge < -0.3 is 19.1 Å². The van der Waals surface area contributed by atoms with E-state index in [1.54, 1.807) is 18.0 Å². The van der Waals surface area contributed by atoms with Crippen LogP contribution in [-0.4, -0.2) is 37.5 Å². The van der Waals surface area contributed by atoms with Crippen molar-refractivity contribution in [1.29, 1.82) is 0 Å². The van der Waals surface area contributed by atoms with Gasteiger partial charge in [0.1, 0.15) is 30.3 Å². The molecular formula is C28H31NO5. The Morgan fingerprint density at radius 1 is 0.794 bits per heavy atom. The highest BCUT2D eigenvalue weighted by Crippen LogP contribution is 2.32. The van der Waals surface area contributed by atoms with E-state index in [-0.39, 0.29) is 24.7 Å². The number of hydrogen-bond donors (Lipinski definition) is 0. The molecule has 3 aromatic rings. The van der Waals surface area contributed by atoms with Gasteiger partial charge in [0.25, 0.3) is 5.91 Å². The molecule has 3 aromatic carbocycles. The number of carbonyl (C=O) groups excluding carboxylic acids is 2. The summed E-state index contributed by atoms with van der Waals surface area (Å²) in [5, 5.41) is 0. The summed E-state index contributed by atoms with van der Waals surface area (Å²) in [6.07, 6.45) is 1.85. The Balaban J connectivity index is 1.98. The van der Waals surface area contributed by atoms with Gasteiger partial charge in [-0.2, -0.15) is 0 Å². The summed E-state index contributed by atoms with van der Waals surface area (Å²) in [4.78, 5) is 27.5. The van der Waals surface area contributed by atoms with Crippen LogP contribution < -0.4 is 9.47 Å². The third kappa shape index (κ3) is 6.61. The monoisotopic (exact) mass is 461 g/mol. The van der Waals surface area contributed by atoms with E-state index in [1.165, 1.54) is 13.2 Å². The molecule has 1 amide bonds. The van der Waals surface area contributed by atoms with Crippen LogP contribution in [0.3, 0.4) is 0 Å². The van der Waals surface area contributed by atoms with Gasteiger partial charge in [-0.1, -0.05) is 74.0 Å². The molecule has 0 heterocycles. The van der Waals surface area contributed by atoms with Gasteiger partial charge in [-0.05, 0) is 23.6 Å². The predicted molar refractivity (Wildman–Crippen MR) is 131 cm³/mol. The lowest BCUT2D eigenvalue weighted by Gasteiger charge is -2.21. The van der Waals surface area contributed by atoms with E-state index in [1.807, 2.05) is 60.7 Å². The first-order chi connectivity index (χ1) is 16.5. The Labute approximate surface area is 201 Å². The second-order valence-corrected chi connectivity index (χ2v) is 7.96. The summed E-state index contributed by atoms with van der Waals surface area (Å²) in [7, 11) is 3.05. The molecule has 6 nitrogen and oxygen atoms in total. The third-order valence-corrected chi connectivity index (χ3v) is 5.39. The first kappa shape index (κ1) is 24.8. The Bertz CT molecular complexity index is 1080. The molecule has 178 valence electrons. The highest BCUT2D eigenvalue weighted by molar-refractivity contribution is 6.01. The Morgan fingerprint density at radius 3 is 1.82 bits per heavy atom. The largest absolute Gasteiger partial charge is 0.488 e. The molecule has 6 heteroatoms. The lowest BCUT2D eigenvalue weighted by molar-refractivity contribution is 0.0595. The summed E-state index contributed by atoms with van der Waals surface area (Å²) in [5.74, 6) is -0.154. The highest BCUT2D eigenvalue weighted by atomic mass is 16.5. The van der Waals surface area contributed by atoms with Crippen LogP contribution in [0.5, 0.6) is 11.5 Å². The molecule has 0 N–H and O–H groups in total. The fourth-order valence-corrected chi connectivity index (χ4v) is 3.41. The number of esters is 1. The maximum Gasteiger partial charge on any atom is 0.341 e. The molecule has 0 radical (unpaired) electrons. The minimum Gasteiger partial charge on any atom is -0.488 e. The summed E-state index contributed by atoms with van der Waals surface area (Å²) >= 11 is 0. The fourth-order valence-electron chi connectivity index (χ4n) is 3.41. The Morgan fingerprint density at radius 2 is 1.32 bits per heavy atom. The number of carbonyl (C=O) groups is 2. The number of unbranched alkanes of at least 4 members (excludes halogenated alkanes) is 1. The minimum atomic E-state index is -0.581. The van der Waals surface area contributed by atoms with E-state index in [9.17, 15) is 9.59 Å². The van der Waals surface area contributed by atoms with Gasteiger partial charge in [0, 0.05) is 19.7 Å². The van der Waals surface area contributed by atoms with Crippen LogP contribution in [-0.2, 0) is 18.0 Å². The van der Waals surface area contributed by atoms with Crippen molar-refractivity contribution in [2.75, 3.05) is 20.7 Å². The molecule has 0 saturated heterocycles. The van der Waals surface area contributed by atoms with Gasteiger partial charge in [0.2, 0.25) is 0 Å². The molecule has 0 atom stereocenters. The molecule has 3 rings (SSSR count). The number of benzene rings is 3. The van der Waals surface area contributed by atoms with Crippen molar-refractivity contribution in [2.45, 2.75) is 33.0 Å². The van der Waals surface area contributed by atoms with Crippen LogP contribution in [0.4, 0.5) is 0 Å². The summed E-state index contributed by atoms with van der Waals surface area (Å²) in [6, 6.07) is 22.4. The van der Waals surface area contributed by atoms with Crippen LogP contribution in [0.1, 0.15) is 51.6 Å². The summed E-state index contributed by atoms with van der Waals surface area (Å²) in [6.45, 7) is 3.20. The zero-order valence-electron chi connectivity index (χ0n) is 20.0. The number of amides is 1. The topological polar surface area (TPSA) is 65.1 Å². The van der Waals surface area contributed by atoms with Crippen molar-refractivity contribution >= 4 is 11.9 Å². The van der Waals surface area contributed by atoms with E-state index < -0.39 is 5.97 Å². The molecule has 0 aliphatic rings. The van der Waals surface area contributed by atoms with Gasteiger partial charge in [0.05, 0.1) is 12.7 Å². The van der Waals surface area contributed by atoms with Crippen molar-refractivity contribution in [1.82, 2.24) is 4.90 Å².